The number of aliphatic imine (C=N–C) groups is 1. The molecular weight excluding hydrogens is 228 g/mol. The Hall–Kier alpha value is -1.41. The molecule has 0 saturated heterocycles. The molecule has 1 amide bonds. The Balaban J connectivity index is 2.80. The predicted octanol–water partition coefficient (Wildman–Crippen LogP) is 2.21. The molecule has 1 saturated carbocycles. The highest BCUT2D eigenvalue weighted by Gasteiger charge is 2.41. The first kappa shape index (κ1) is 14.7. The van der Waals surface area contributed by atoms with E-state index in [1.807, 2.05) is 0 Å². The zero-order valence-electron chi connectivity index (χ0n) is 11.5. The molecule has 1 aliphatic rings. The lowest BCUT2D eigenvalue weighted by Gasteiger charge is -2.46. The van der Waals surface area contributed by atoms with E-state index in [9.17, 15) is 9.59 Å². The van der Waals surface area contributed by atoms with Crippen LogP contribution in [0.2, 0.25) is 0 Å². The average Bonchev–Trinajstić information content (AvgIpc) is 2.23. The summed E-state index contributed by atoms with van der Waals surface area (Å²) in [7, 11) is 0. The quantitative estimate of drug-likeness (QED) is 0.472. The molecule has 4 heteroatoms. The summed E-state index contributed by atoms with van der Waals surface area (Å²) >= 11 is 0. The van der Waals surface area contributed by atoms with Gasteiger partial charge in [-0.25, -0.2) is 9.79 Å². The van der Waals surface area contributed by atoms with Crippen molar-refractivity contribution in [1.82, 2.24) is 5.32 Å². The van der Waals surface area contributed by atoms with Crippen LogP contribution in [0.1, 0.15) is 40.0 Å². The van der Waals surface area contributed by atoms with Crippen molar-refractivity contribution in [2.24, 2.45) is 15.8 Å². The van der Waals surface area contributed by atoms with Gasteiger partial charge in [-0.2, -0.15) is 0 Å². The third-order valence-corrected chi connectivity index (χ3v) is 3.50. The normalized spacial score (nSPS) is 30.1. The number of hydrogen-bond donors (Lipinski definition) is 1. The molecular formula is C14H22N2O2. The number of isocyanates is 1. The van der Waals surface area contributed by atoms with Gasteiger partial charge < -0.3 is 5.32 Å². The van der Waals surface area contributed by atoms with Crippen molar-refractivity contribution < 1.29 is 9.59 Å². The number of amides is 1. The number of carbonyl (C=O) groups is 1. The molecule has 2 atom stereocenters. The van der Waals surface area contributed by atoms with Crippen molar-refractivity contribution in [3.8, 4) is 0 Å². The smallest absolute Gasteiger partial charge is 0.243 e. The maximum Gasteiger partial charge on any atom is 0.243 e. The highest BCUT2D eigenvalue weighted by molar-refractivity contribution is 5.87. The van der Waals surface area contributed by atoms with E-state index in [1.54, 1.807) is 6.08 Å². The lowest BCUT2D eigenvalue weighted by Crippen LogP contribution is -2.47. The molecule has 0 aromatic heterocycles. The maximum atomic E-state index is 11.4. The second-order valence-corrected chi connectivity index (χ2v) is 6.38. The van der Waals surface area contributed by atoms with Gasteiger partial charge in [-0.1, -0.05) is 27.4 Å². The molecule has 0 aliphatic heterocycles. The predicted molar refractivity (Wildman–Crippen MR) is 70.9 cm³/mol. The topological polar surface area (TPSA) is 58.5 Å². The number of hydrogen-bond acceptors (Lipinski definition) is 3. The summed E-state index contributed by atoms with van der Waals surface area (Å²) < 4.78 is 0. The molecule has 0 heterocycles. The second-order valence-electron chi connectivity index (χ2n) is 6.38. The average molecular weight is 250 g/mol. The Labute approximate surface area is 109 Å². The molecule has 0 bridgehead atoms. The molecule has 1 N–H and O–H groups in total. The molecule has 1 fully saturated rings. The minimum Gasteiger partial charge on any atom is -0.350 e. The summed E-state index contributed by atoms with van der Waals surface area (Å²) in [5, 5.41) is 2.96. The van der Waals surface area contributed by atoms with Gasteiger partial charge in [-0.05, 0) is 36.2 Å². The van der Waals surface area contributed by atoms with Gasteiger partial charge in [0.1, 0.15) is 0 Å². The minimum absolute atomic E-state index is 0.0573. The van der Waals surface area contributed by atoms with Gasteiger partial charge in [0.25, 0.3) is 0 Å². The maximum absolute atomic E-state index is 11.4. The Bertz CT molecular complexity index is 383. The van der Waals surface area contributed by atoms with E-state index in [2.05, 4.69) is 37.7 Å². The lowest BCUT2D eigenvalue weighted by molar-refractivity contribution is -0.118. The minimum atomic E-state index is -0.140. The van der Waals surface area contributed by atoms with Gasteiger partial charge >= 0.3 is 0 Å². The molecule has 4 nitrogen and oxygen atoms in total. The molecule has 18 heavy (non-hydrogen) atoms. The van der Waals surface area contributed by atoms with E-state index in [4.69, 9.17) is 0 Å². The van der Waals surface area contributed by atoms with E-state index in [-0.39, 0.29) is 22.8 Å². The Morgan fingerprint density at radius 3 is 2.72 bits per heavy atom. The Morgan fingerprint density at radius 2 is 2.17 bits per heavy atom. The van der Waals surface area contributed by atoms with Crippen LogP contribution in [-0.4, -0.2) is 24.6 Å². The Kier molecular flexibility index (Phi) is 4.47. The Morgan fingerprint density at radius 1 is 1.50 bits per heavy atom. The van der Waals surface area contributed by atoms with Crippen LogP contribution >= 0.6 is 0 Å². The molecule has 0 spiro atoms. The van der Waals surface area contributed by atoms with Crippen molar-refractivity contribution >= 4 is 12.0 Å². The molecule has 1 rings (SSSR count). The molecule has 2 unspecified atom stereocenters. The van der Waals surface area contributed by atoms with Crippen LogP contribution in [0.25, 0.3) is 0 Å². The van der Waals surface area contributed by atoms with Gasteiger partial charge in [0, 0.05) is 6.04 Å². The van der Waals surface area contributed by atoms with E-state index in [1.165, 1.54) is 6.08 Å². The molecule has 0 radical (unpaired) electrons. The highest BCUT2D eigenvalue weighted by Crippen LogP contribution is 2.46. The van der Waals surface area contributed by atoms with Gasteiger partial charge in [0.15, 0.2) is 0 Å². The van der Waals surface area contributed by atoms with Crippen molar-refractivity contribution in [3.63, 3.8) is 0 Å². The summed E-state index contributed by atoms with van der Waals surface area (Å²) in [6, 6.07) is 0.117. The third kappa shape index (κ3) is 4.11. The van der Waals surface area contributed by atoms with E-state index in [0.29, 0.717) is 6.54 Å². The first-order valence-corrected chi connectivity index (χ1v) is 6.27. The summed E-state index contributed by atoms with van der Waals surface area (Å²) in [5.41, 5.74) is 0.0722. The fraction of sp³-hybridized carbons (Fsp3) is 0.714. The van der Waals surface area contributed by atoms with E-state index >= 15 is 0 Å². The van der Waals surface area contributed by atoms with Crippen molar-refractivity contribution in [1.29, 1.82) is 0 Å². The lowest BCUT2D eigenvalue weighted by atomic mass is 9.62. The monoisotopic (exact) mass is 250 g/mol. The summed E-state index contributed by atoms with van der Waals surface area (Å²) in [5.74, 6) is -0.140. The fourth-order valence-electron chi connectivity index (χ4n) is 3.34. The number of nitrogens with one attached hydrogen (secondary N) is 1. The largest absolute Gasteiger partial charge is 0.350 e. The summed E-state index contributed by atoms with van der Waals surface area (Å²) in [6.07, 6.45) is 5.66. The molecule has 0 aromatic carbocycles. The SMILES string of the molecule is C=CC(=O)NC1CC(C)(C)CC(C)(CN=C=O)C1. The number of rotatable bonds is 4. The van der Waals surface area contributed by atoms with Crippen LogP contribution < -0.4 is 5.32 Å². The second kappa shape index (κ2) is 5.49. The number of carbonyl (C=O) groups excluding carboxylic acids is 2. The molecule has 1 aliphatic carbocycles. The van der Waals surface area contributed by atoms with E-state index < -0.39 is 0 Å². The van der Waals surface area contributed by atoms with Crippen LogP contribution in [0.5, 0.6) is 0 Å². The van der Waals surface area contributed by atoms with E-state index in [0.717, 1.165) is 19.3 Å². The van der Waals surface area contributed by atoms with Gasteiger partial charge in [-0.3, -0.25) is 4.79 Å². The molecule has 100 valence electrons. The third-order valence-electron chi connectivity index (χ3n) is 3.50. The van der Waals surface area contributed by atoms with Crippen LogP contribution in [-0.2, 0) is 9.59 Å². The van der Waals surface area contributed by atoms with Crippen LogP contribution in [0.15, 0.2) is 17.6 Å². The van der Waals surface area contributed by atoms with Crippen LogP contribution in [0.4, 0.5) is 0 Å². The summed E-state index contributed by atoms with van der Waals surface area (Å²) in [4.78, 5) is 25.4. The van der Waals surface area contributed by atoms with Crippen molar-refractivity contribution in [3.05, 3.63) is 12.7 Å². The number of nitrogens with zero attached hydrogens (tertiary/aromatic N) is 1. The fourth-order valence-corrected chi connectivity index (χ4v) is 3.34. The zero-order chi connectivity index (χ0) is 13.8. The molecule has 0 aromatic rings. The van der Waals surface area contributed by atoms with Crippen LogP contribution in [0, 0.1) is 10.8 Å². The van der Waals surface area contributed by atoms with Crippen molar-refractivity contribution in [2.45, 2.75) is 46.1 Å². The van der Waals surface area contributed by atoms with Crippen LogP contribution in [0.3, 0.4) is 0 Å². The first-order chi connectivity index (χ1) is 8.30. The van der Waals surface area contributed by atoms with Gasteiger partial charge in [0.2, 0.25) is 12.0 Å². The standard InChI is InChI=1S/C14H22N2O2/c1-5-12(18)16-11-6-13(2,3)8-14(4,7-11)9-15-10-17/h5,11H,1,6-9H2,2-4H3,(H,16,18). The zero-order valence-corrected chi connectivity index (χ0v) is 11.5. The summed E-state index contributed by atoms with van der Waals surface area (Å²) in [6.45, 7) is 10.4. The first-order valence-electron chi connectivity index (χ1n) is 6.27. The van der Waals surface area contributed by atoms with Crippen molar-refractivity contribution in [2.75, 3.05) is 6.54 Å². The van der Waals surface area contributed by atoms with Gasteiger partial charge in [0.05, 0.1) is 6.54 Å². The van der Waals surface area contributed by atoms with Gasteiger partial charge in [-0.15, -0.1) is 0 Å². The highest BCUT2D eigenvalue weighted by atomic mass is 16.1.